The maximum Gasteiger partial charge on any atom is 0.0318 e. The molecule has 2 aromatic rings. The zero-order chi connectivity index (χ0) is 14.4. The number of nitrogens with one attached hydrogen (secondary N) is 1. The molecule has 1 nitrogen and oxygen atoms in total. The van der Waals surface area contributed by atoms with E-state index in [1.165, 1.54) is 15.4 Å². The van der Waals surface area contributed by atoms with Gasteiger partial charge in [0.25, 0.3) is 0 Å². The maximum absolute atomic E-state index is 3.67. The summed E-state index contributed by atoms with van der Waals surface area (Å²) in [4.78, 5) is 2.47. The molecule has 1 N–H and O–H groups in total. The smallest absolute Gasteiger partial charge is 0.0318 e. The Labute approximate surface area is 141 Å². The first-order valence-corrected chi connectivity index (χ1v) is 9.02. The van der Waals surface area contributed by atoms with Gasteiger partial charge < -0.3 is 5.32 Å². The van der Waals surface area contributed by atoms with Crippen molar-refractivity contribution in [3.63, 3.8) is 0 Å². The van der Waals surface area contributed by atoms with Crippen LogP contribution in [0.25, 0.3) is 0 Å². The molecule has 0 heterocycles. The lowest BCUT2D eigenvalue weighted by Gasteiger charge is -2.08. The molecule has 0 aliphatic rings. The maximum atomic E-state index is 3.67. The van der Waals surface area contributed by atoms with E-state index in [1.807, 2.05) is 6.07 Å². The minimum atomic E-state index is 0.925. The van der Waals surface area contributed by atoms with Crippen molar-refractivity contribution >= 4 is 43.6 Å². The van der Waals surface area contributed by atoms with Crippen LogP contribution < -0.4 is 5.32 Å². The van der Waals surface area contributed by atoms with E-state index < -0.39 is 0 Å². The zero-order valence-corrected chi connectivity index (χ0v) is 15.3. The Morgan fingerprint density at radius 3 is 2.65 bits per heavy atom. The van der Waals surface area contributed by atoms with E-state index in [1.54, 1.807) is 11.8 Å². The lowest BCUT2D eigenvalue weighted by Crippen LogP contribution is -2.13. The van der Waals surface area contributed by atoms with Crippen molar-refractivity contribution in [2.45, 2.75) is 29.7 Å². The van der Waals surface area contributed by atoms with E-state index in [-0.39, 0.29) is 0 Å². The average Bonchev–Trinajstić information content (AvgIpc) is 2.42. The quantitative estimate of drug-likeness (QED) is 0.593. The van der Waals surface area contributed by atoms with Crippen LogP contribution in [0.1, 0.15) is 18.9 Å². The first kappa shape index (κ1) is 16.1. The predicted octanol–water partition coefficient (Wildman–Crippen LogP) is 5.86. The van der Waals surface area contributed by atoms with Crippen molar-refractivity contribution in [3.05, 3.63) is 57.0 Å². The highest BCUT2D eigenvalue weighted by atomic mass is 79.9. The lowest BCUT2D eigenvalue weighted by molar-refractivity contribution is 0.675. The highest BCUT2D eigenvalue weighted by Gasteiger charge is 2.04. The molecular weight excluding hydrogens is 398 g/mol. The lowest BCUT2D eigenvalue weighted by atomic mass is 10.2. The molecule has 0 aromatic heterocycles. The molecule has 20 heavy (non-hydrogen) atoms. The van der Waals surface area contributed by atoms with Gasteiger partial charge in [0.1, 0.15) is 0 Å². The van der Waals surface area contributed by atoms with Crippen LogP contribution in [0.2, 0.25) is 0 Å². The van der Waals surface area contributed by atoms with Crippen LogP contribution in [0.4, 0.5) is 0 Å². The molecule has 0 fully saturated rings. The van der Waals surface area contributed by atoms with Crippen molar-refractivity contribution in [2.24, 2.45) is 0 Å². The summed E-state index contributed by atoms with van der Waals surface area (Å²) in [5.41, 5.74) is 1.31. The number of rotatable bonds is 6. The molecule has 2 aromatic carbocycles. The van der Waals surface area contributed by atoms with Gasteiger partial charge >= 0.3 is 0 Å². The Morgan fingerprint density at radius 1 is 1.10 bits per heavy atom. The third-order valence-electron chi connectivity index (χ3n) is 2.78. The van der Waals surface area contributed by atoms with Crippen LogP contribution in [-0.4, -0.2) is 6.54 Å². The van der Waals surface area contributed by atoms with Crippen molar-refractivity contribution in [3.8, 4) is 0 Å². The van der Waals surface area contributed by atoms with Crippen LogP contribution in [0, 0.1) is 0 Å². The summed E-state index contributed by atoms with van der Waals surface area (Å²) in [7, 11) is 0. The predicted molar refractivity (Wildman–Crippen MR) is 94.4 cm³/mol. The van der Waals surface area contributed by atoms with Crippen molar-refractivity contribution < 1.29 is 0 Å². The summed E-state index contributed by atoms with van der Waals surface area (Å²) in [5.74, 6) is 0. The van der Waals surface area contributed by atoms with Gasteiger partial charge in [-0.3, -0.25) is 0 Å². The van der Waals surface area contributed by atoms with Gasteiger partial charge in [0, 0.05) is 25.3 Å². The molecule has 2 rings (SSSR count). The summed E-state index contributed by atoms with van der Waals surface area (Å²) in [5, 5.41) is 3.42. The van der Waals surface area contributed by atoms with E-state index in [2.05, 4.69) is 80.5 Å². The molecule has 0 aliphatic carbocycles. The fourth-order valence-electron chi connectivity index (χ4n) is 1.80. The number of benzene rings is 2. The highest BCUT2D eigenvalue weighted by Crippen LogP contribution is 2.34. The van der Waals surface area contributed by atoms with Gasteiger partial charge in [-0.25, -0.2) is 0 Å². The van der Waals surface area contributed by atoms with Gasteiger partial charge in [-0.15, -0.1) is 0 Å². The molecule has 4 heteroatoms. The Morgan fingerprint density at radius 2 is 1.95 bits per heavy atom. The minimum Gasteiger partial charge on any atom is -0.313 e. The van der Waals surface area contributed by atoms with Crippen LogP contribution in [0.3, 0.4) is 0 Å². The second-order valence-electron chi connectivity index (χ2n) is 4.50. The molecular formula is C16H17Br2NS. The topological polar surface area (TPSA) is 12.0 Å². The highest BCUT2D eigenvalue weighted by molar-refractivity contribution is 9.10. The van der Waals surface area contributed by atoms with Crippen molar-refractivity contribution in [1.29, 1.82) is 0 Å². The van der Waals surface area contributed by atoms with E-state index in [9.17, 15) is 0 Å². The fraction of sp³-hybridized carbons (Fsp3) is 0.250. The average molecular weight is 415 g/mol. The molecule has 0 atom stereocenters. The van der Waals surface area contributed by atoms with Gasteiger partial charge in [-0.05, 0) is 64.8 Å². The summed E-state index contributed by atoms with van der Waals surface area (Å²) in [6.45, 7) is 4.17. The summed E-state index contributed by atoms with van der Waals surface area (Å²) in [6.07, 6.45) is 1.16. The summed E-state index contributed by atoms with van der Waals surface area (Å²) in [6, 6.07) is 14.9. The second kappa shape index (κ2) is 8.23. The SMILES string of the molecule is CCCNCc1ccc(Sc2cccc(Br)c2)c(Br)c1. The van der Waals surface area contributed by atoms with Crippen LogP contribution >= 0.6 is 43.6 Å². The Balaban J connectivity index is 2.06. The van der Waals surface area contributed by atoms with Crippen molar-refractivity contribution in [1.82, 2.24) is 5.32 Å². The molecule has 106 valence electrons. The normalized spacial score (nSPS) is 10.8. The Bertz CT molecular complexity index is 572. The molecule has 0 saturated heterocycles. The molecule has 0 unspecified atom stereocenters. The first-order chi connectivity index (χ1) is 9.69. The minimum absolute atomic E-state index is 0.925. The molecule has 0 amide bonds. The van der Waals surface area contributed by atoms with E-state index in [0.717, 1.165) is 28.5 Å². The monoisotopic (exact) mass is 413 g/mol. The standard InChI is InChI=1S/C16H17Br2NS/c1-2-8-19-11-12-6-7-16(15(18)9-12)20-14-5-3-4-13(17)10-14/h3-7,9-10,19H,2,8,11H2,1H3. The molecule has 0 aliphatic heterocycles. The van der Waals surface area contributed by atoms with Gasteiger partial charge in [-0.1, -0.05) is 46.7 Å². The first-order valence-electron chi connectivity index (χ1n) is 6.61. The van der Waals surface area contributed by atoms with Crippen molar-refractivity contribution in [2.75, 3.05) is 6.54 Å². The summed E-state index contributed by atoms with van der Waals surface area (Å²) >= 11 is 8.95. The van der Waals surface area contributed by atoms with Gasteiger partial charge in [-0.2, -0.15) is 0 Å². The van der Waals surface area contributed by atoms with E-state index >= 15 is 0 Å². The Hall–Kier alpha value is -0.290. The largest absolute Gasteiger partial charge is 0.313 e. The zero-order valence-electron chi connectivity index (χ0n) is 11.3. The van der Waals surface area contributed by atoms with Crippen LogP contribution in [0.15, 0.2) is 61.2 Å². The van der Waals surface area contributed by atoms with Crippen LogP contribution in [-0.2, 0) is 6.54 Å². The second-order valence-corrected chi connectivity index (χ2v) is 7.39. The number of hydrogen-bond donors (Lipinski definition) is 1. The van der Waals surface area contributed by atoms with E-state index in [4.69, 9.17) is 0 Å². The molecule has 0 spiro atoms. The Kier molecular flexibility index (Phi) is 6.62. The third kappa shape index (κ3) is 4.92. The molecule has 0 saturated carbocycles. The third-order valence-corrected chi connectivity index (χ3v) is 5.25. The van der Waals surface area contributed by atoms with Gasteiger partial charge in [0.05, 0.1) is 0 Å². The molecule has 0 radical (unpaired) electrons. The summed E-state index contributed by atoms with van der Waals surface area (Å²) < 4.78 is 2.26. The fourth-order valence-corrected chi connectivity index (χ4v) is 3.90. The van der Waals surface area contributed by atoms with E-state index in [0.29, 0.717) is 0 Å². The van der Waals surface area contributed by atoms with Gasteiger partial charge in [0.2, 0.25) is 0 Å². The number of halogens is 2. The van der Waals surface area contributed by atoms with Gasteiger partial charge in [0.15, 0.2) is 0 Å². The molecule has 0 bridgehead atoms. The van der Waals surface area contributed by atoms with Crippen LogP contribution in [0.5, 0.6) is 0 Å². The number of hydrogen-bond acceptors (Lipinski definition) is 2.